The third-order valence-electron chi connectivity index (χ3n) is 12.0. The van der Waals surface area contributed by atoms with Gasteiger partial charge in [-0.1, -0.05) is 236 Å². The molecule has 0 fully saturated rings. The van der Waals surface area contributed by atoms with Gasteiger partial charge in [-0.25, -0.2) is 0 Å². The van der Waals surface area contributed by atoms with Crippen LogP contribution in [0.3, 0.4) is 0 Å². The Hall–Kier alpha value is -2.89. The van der Waals surface area contributed by atoms with Gasteiger partial charge >= 0.3 is 17.9 Å². The third kappa shape index (κ3) is 51.9. The summed E-state index contributed by atoms with van der Waals surface area (Å²) in [5.41, 5.74) is 0. The number of ether oxygens (including phenoxy) is 3. The van der Waals surface area contributed by atoms with E-state index in [4.69, 9.17) is 14.2 Å². The SMILES string of the molecule is CC/C=C\C/C=C\C/C=C\C/C=C\CCCCCC(=O)OC(COC(=O)CCCCC/C=C\CCCCCCCCC)COC(=O)CCCCCCCCCCCCCCCCCCC. The third-order valence-corrected chi connectivity index (χ3v) is 12.0. The lowest BCUT2D eigenvalue weighted by Crippen LogP contribution is -2.30. The van der Waals surface area contributed by atoms with Crippen LogP contribution in [0.2, 0.25) is 0 Å². The van der Waals surface area contributed by atoms with E-state index in [1.807, 2.05) is 0 Å². The second-order valence-corrected chi connectivity index (χ2v) is 18.5. The Balaban J connectivity index is 4.42. The molecule has 0 aromatic heterocycles. The summed E-state index contributed by atoms with van der Waals surface area (Å²) in [5, 5.41) is 0. The van der Waals surface area contributed by atoms with Crippen molar-refractivity contribution in [2.75, 3.05) is 13.2 Å². The second-order valence-electron chi connectivity index (χ2n) is 18.5. The highest BCUT2D eigenvalue weighted by Crippen LogP contribution is 2.16. The number of esters is 3. The molecule has 0 amide bonds. The van der Waals surface area contributed by atoms with Crippen LogP contribution in [0.1, 0.15) is 278 Å². The van der Waals surface area contributed by atoms with Crippen LogP contribution in [0.4, 0.5) is 0 Å². The quantitative estimate of drug-likeness (QED) is 0.0262. The van der Waals surface area contributed by atoms with E-state index in [0.29, 0.717) is 19.3 Å². The summed E-state index contributed by atoms with van der Waals surface area (Å²) >= 11 is 0. The number of carbonyl (C=O) groups is 3. The molecule has 0 heterocycles. The van der Waals surface area contributed by atoms with E-state index in [-0.39, 0.29) is 31.1 Å². The lowest BCUT2D eigenvalue weighted by atomic mass is 10.0. The van der Waals surface area contributed by atoms with E-state index >= 15 is 0 Å². The van der Waals surface area contributed by atoms with Crippen molar-refractivity contribution in [3.05, 3.63) is 60.8 Å². The highest BCUT2D eigenvalue weighted by Gasteiger charge is 2.19. The maximum absolute atomic E-state index is 12.8. The van der Waals surface area contributed by atoms with Gasteiger partial charge in [-0.05, 0) is 83.5 Å². The fraction of sp³-hybridized carbons (Fsp3) is 0.780. The van der Waals surface area contributed by atoms with E-state index in [2.05, 4.69) is 81.5 Å². The molecule has 0 aromatic rings. The zero-order chi connectivity index (χ0) is 47.2. The van der Waals surface area contributed by atoms with Crippen molar-refractivity contribution in [1.82, 2.24) is 0 Å². The van der Waals surface area contributed by atoms with E-state index in [1.165, 1.54) is 135 Å². The number of hydrogen-bond donors (Lipinski definition) is 0. The molecule has 65 heavy (non-hydrogen) atoms. The van der Waals surface area contributed by atoms with Crippen LogP contribution in [0.5, 0.6) is 0 Å². The molecule has 0 aliphatic heterocycles. The molecule has 0 aliphatic rings. The number of unbranched alkanes of at least 4 members (excludes halogenated alkanes) is 29. The summed E-state index contributed by atoms with van der Waals surface area (Å²) in [6.07, 6.45) is 66.4. The minimum Gasteiger partial charge on any atom is -0.462 e. The number of allylic oxidation sites excluding steroid dienone is 10. The van der Waals surface area contributed by atoms with E-state index in [9.17, 15) is 14.4 Å². The summed E-state index contributed by atoms with van der Waals surface area (Å²) in [4.78, 5) is 38.1. The van der Waals surface area contributed by atoms with E-state index < -0.39 is 6.10 Å². The molecule has 0 aromatic carbocycles. The van der Waals surface area contributed by atoms with Crippen molar-refractivity contribution in [2.24, 2.45) is 0 Å². The highest BCUT2D eigenvalue weighted by molar-refractivity contribution is 5.71. The Labute approximate surface area is 402 Å². The van der Waals surface area contributed by atoms with Crippen LogP contribution in [-0.2, 0) is 28.6 Å². The first-order valence-electron chi connectivity index (χ1n) is 27.8. The summed E-state index contributed by atoms with van der Waals surface area (Å²) < 4.78 is 16.8. The van der Waals surface area contributed by atoms with E-state index in [1.54, 1.807) is 0 Å². The largest absolute Gasteiger partial charge is 0.462 e. The smallest absolute Gasteiger partial charge is 0.306 e. The average molecular weight is 909 g/mol. The van der Waals surface area contributed by atoms with Crippen LogP contribution in [0.25, 0.3) is 0 Å². The highest BCUT2D eigenvalue weighted by atomic mass is 16.6. The van der Waals surface area contributed by atoms with Crippen molar-refractivity contribution in [2.45, 2.75) is 284 Å². The standard InChI is InChI=1S/C59H104O6/c1-4-7-10-13-16-19-22-25-28-30-32-34-37-40-43-46-49-52-58(61)64-55-56(54-63-57(60)51-48-45-42-39-36-33-27-24-21-18-15-12-9-6-3)65-59(62)53-50-47-44-41-38-35-31-29-26-23-20-17-14-11-8-5-2/h8,11,17,20,26,29,33,35-36,38,56H,4-7,9-10,12-16,18-19,21-25,27-28,30-32,34,37,39-55H2,1-3H3/b11-8-,20-17-,29-26-,36-33-,38-35-. The molecule has 376 valence electrons. The van der Waals surface area contributed by atoms with Gasteiger partial charge in [-0.2, -0.15) is 0 Å². The van der Waals surface area contributed by atoms with Gasteiger partial charge in [0, 0.05) is 19.3 Å². The van der Waals surface area contributed by atoms with Gasteiger partial charge in [0.2, 0.25) is 0 Å². The van der Waals surface area contributed by atoms with Crippen molar-refractivity contribution >= 4 is 17.9 Å². The van der Waals surface area contributed by atoms with Gasteiger partial charge in [0.15, 0.2) is 6.10 Å². The van der Waals surface area contributed by atoms with Gasteiger partial charge in [0.1, 0.15) is 13.2 Å². The Morgan fingerprint density at radius 3 is 0.969 bits per heavy atom. The first-order valence-corrected chi connectivity index (χ1v) is 27.8. The second kappa shape index (κ2) is 53.7. The fourth-order valence-electron chi connectivity index (χ4n) is 7.84. The number of hydrogen-bond acceptors (Lipinski definition) is 6. The summed E-state index contributed by atoms with van der Waals surface area (Å²) in [6, 6.07) is 0. The minimum atomic E-state index is -0.795. The Bertz CT molecular complexity index is 1180. The molecule has 0 saturated heterocycles. The minimum absolute atomic E-state index is 0.0894. The predicted molar refractivity (Wildman–Crippen MR) is 279 cm³/mol. The van der Waals surface area contributed by atoms with Crippen LogP contribution < -0.4 is 0 Å². The summed E-state index contributed by atoms with van der Waals surface area (Å²) in [5.74, 6) is -0.928. The lowest BCUT2D eigenvalue weighted by molar-refractivity contribution is -0.167. The molecule has 6 heteroatoms. The first kappa shape index (κ1) is 62.1. The fourth-order valence-corrected chi connectivity index (χ4v) is 7.84. The summed E-state index contributed by atoms with van der Waals surface area (Å²) in [6.45, 7) is 6.51. The zero-order valence-corrected chi connectivity index (χ0v) is 43.0. The Morgan fingerprint density at radius 1 is 0.323 bits per heavy atom. The number of rotatable bonds is 50. The monoisotopic (exact) mass is 909 g/mol. The molecule has 0 radical (unpaired) electrons. The van der Waals surface area contributed by atoms with Gasteiger partial charge in [0.25, 0.3) is 0 Å². The Kier molecular flexibility index (Phi) is 51.3. The lowest BCUT2D eigenvalue weighted by Gasteiger charge is -2.18. The van der Waals surface area contributed by atoms with Crippen molar-refractivity contribution in [3.63, 3.8) is 0 Å². The molecule has 0 bridgehead atoms. The molecule has 0 rings (SSSR count). The maximum atomic E-state index is 12.8. The van der Waals surface area contributed by atoms with Gasteiger partial charge in [0.05, 0.1) is 0 Å². The molecular weight excluding hydrogens is 805 g/mol. The normalized spacial score (nSPS) is 12.5. The van der Waals surface area contributed by atoms with Crippen LogP contribution >= 0.6 is 0 Å². The van der Waals surface area contributed by atoms with Crippen molar-refractivity contribution in [3.8, 4) is 0 Å². The molecule has 0 aliphatic carbocycles. The van der Waals surface area contributed by atoms with Crippen molar-refractivity contribution < 1.29 is 28.6 Å². The zero-order valence-electron chi connectivity index (χ0n) is 43.0. The molecular formula is C59H104O6. The molecule has 1 atom stereocenters. The van der Waals surface area contributed by atoms with Gasteiger partial charge in [-0.15, -0.1) is 0 Å². The summed E-state index contributed by atoms with van der Waals surface area (Å²) in [7, 11) is 0. The molecule has 0 saturated carbocycles. The van der Waals surface area contributed by atoms with Gasteiger partial charge in [-0.3, -0.25) is 14.4 Å². The van der Waals surface area contributed by atoms with Crippen LogP contribution in [-0.4, -0.2) is 37.2 Å². The first-order chi connectivity index (χ1) is 32.0. The molecule has 6 nitrogen and oxygen atoms in total. The molecule has 0 spiro atoms. The topological polar surface area (TPSA) is 78.9 Å². The number of carbonyl (C=O) groups excluding carboxylic acids is 3. The average Bonchev–Trinajstić information content (AvgIpc) is 3.30. The van der Waals surface area contributed by atoms with Crippen molar-refractivity contribution in [1.29, 1.82) is 0 Å². The molecule has 1 unspecified atom stereocenters. The van der Waals surface area contributed by atoms with E-state index in [0.717, 1.165) is 103 Å². The maximum Gasteiger partial charge on any atom is 0.306 e. The van der Waals surface area contributed by atoms with Gasteiger partial charge < -0.3 is 14.2 Å². The van der Waals surface area contributed by atoms with Crippen LogP contribution in [0, 0.1) is 0 Å². The molecule has 0 N–H and O–H groups in total. The van der Waals surface area contributed by atoms with Crippen LogP contribution in [0.15, 0.2) is 60.8 Å². The predicted octanol–water partition coefficient (Wildman–Crippen LogP) is 18.4. The Morgan fingerprint density at radius 2 is 0.600 bits per heavy atom.